The third-order valence-corrected chi connectivity index (χ3v) is 5.02. The number of ether oxygens (including phenoxy) is 2. The summed E-state index contributed by atoms with van der Waals surface area (Å²) >= 11 is 6.17. The van der Waals surface area contributed by atoms with Gasteiger partial charge in [-0.15, -0.1) is 0 Å². The highest BCUT2D eigenvalue weighted by atomic mass is 35.5. The zero-order chi connectivity index (χ0) is 22.3. The standard InChI is InChI=1S/C26H20ClNO4/c27-20-11-12-22(26(29)30)23(15-20)21-13-14-24(31-16-18-7-3-1-4-8-18)28-25(21)32-17-19-9-5-2-6-10-19/h1-15H,16-17H2,(H,29,30). The van der Waals surface area contributed by atoms with E-state index >= 15 is 0 Å². The van der Waals surface area contributed by atoms with E-state index in [-0.39, 0.29) is 18.1 Å². The summed E-state index contributed by atoms with van der Waals surface area (Å²) in [6, 6.07) is 27.5. The van der Waals surface area contributed by atoms with Crippen LogP contribution in [0.15, 0.2) is 91.0 Å². The Labute approximate surface area is 190 Å². The molecule has 0 aliphatic heterocycles. The minimum atomic E-state index is -1.06. The number of benzene rings is 3. The summed E-state index contributed by atoms with van der Waals surface area (Å²) in [5.41, 5.74) is 3.02. The molecule has 4 aromatic rings. The number of carbonyl (C=O) groups is 1. The van der Waals surface area contributed by atoms with Gasteiger partial charge in [-0.05, 0) is 35.4 Å². The maximum absolute atomic E-state index is 11.8. The second kappa shape index (κ2) is 9.98. The first-order valence-corrected chi connectivity index (χ1v) is 10.4. The van der Waals surface area contributed by atoms with Gasteiger partial charge in [0.1, 0.15) is 13.2 Å². The smallest absolute Gasteiger partial charge is 0.336 e. The Bertz CT molecular complexity index is 1210. The third-order valence-electron chi connectivity index (χ3n) is 4.78. The molecule has 32 heavy (non-hydrogen) atoms. The summed E-state index contributed by atoms with van der Waals surface area (Å²) in [6.07, 6.45) is 0. The Hall–Kier alpha value is -3.83. The highest BCUT2D eigenvalue weighted by Crippen LogP contribution is 2.35. The van der Waals surface area contributed by atoms with E-state index in [0.717, 1.165) is 11.1 Å². The number of pyridine rings is 1. The molecule has 4 rings (SSSR count). The molecule has 1 N–H and O–H groups in total. The van der Waals surface area contributed by atoms with E-state index in [9.17, 15) is 9.90 Å². The second-order valence-electron chi connectivity index (χ2n) is 7.05. The summed E-state index contributed by atoms with van der Waals surface area (Å²) < 4.78 is 11.9. The van der Waals surface area contributed by atoms with Gasteiger partial charge in [-0.25, -0.2) is 4.79 Å². The molecule has 1 aromatic heterocycles. The molecule has 0 aliphatic rings. The van der Waals surface area contributed by atoms with E-state index in [1.807, 2.05) is 60.7 Å². The Kier molecular flexibility index (Phi) is 6.68. The van der Waals surface area contributed by atoms with Crippen LogP contribution in [0.2, 0.25) is 5.02 Å². The van der Waals surface area contributed by atoms with Gasteiger partial charge in [0.2, 0.25) is 11.8 Å². The molecule has 0 amide bonds. The van der Waals surface area contributed by atoms with Gasteiger partial charge in [0.05, 0.1) is 5.56 Å². The Balaban J connectivity index is 1.68. The van der Waals surface area contributed by atoms with E-state index in [1.165, 1.54) is 6.07 Å². The van der Waals surface area contributed by atoms with Crippen molar-refractivity contribution in [1.29, 1.82) is 0 Å². The summed E-state index contributed by atoms with van der Waals surface area (Å²) in [4.78, 5) is 16.3. The summed E-state index contributed by atoms with van der Waals surface area (Å²) in [5, 5.41) is 10.1. The molecule has 1 heterocycles. The average molecular weight is 446 g/mol. The lowest BCUT2D eigenvalue weighted by Crippen LogP contribution is -2.04. The first kappa shape index (κ1) is 21.4. The lowest BCUT2D eigenvalue weighted by molar-refractivity contribution is 0.0697. The number of aromatic carboxylic acids is 1. The van der Waals surface area contributed by atoms with E-state index in [2.05, 4.69) is 4.98 Å². The largest absolute Gasteiger partial charge is 0.478 e. The fourth-order valence-corrected chi connectivity index (χ4v) is 3.37. The minimum Gasteiger partial charge on any atom is -0.478 e. The number of rotatable bonds is 8. The number of carboxylic acids is 1. The molecule has 5 nitrogen and oxygen atoms in total. The summed E-state index contributed by atoms with van der Waals surface area (Å²) in [5.74, 6) is -0.418. The van der Waals surface area contributed by atoms with Crippen LogP contribution in [0, 0.1) is 0 Å². The zero-order valence-electron chi connectivity index (χ0n) is 17.1. The predicted octanol–water partition coefficient (Wildman–Crippen LogP) is 6.26. The van der Waals surface area contributed by atoms with Crippen molar-refractivity contribution in [3.8, 4) is 22.9 Å². The highest BCUT2D eigenvalue weighted by Gasteiger charge is 2.18. The molecule has 0 saturated heterocycles. The maximum atomic E-state index is 11.8. The zero-order valence-corrected chi connectivity index (χ0v) is 17.8. The molecule has 0 unspecified atom stereocenters. The van der Waals surface area contributed by atoms with Gasteiger partial charge in [-0.1, -0.05) is 72.3 Å². The SMILES string of the molecule is O=C(O)c1ccc(Cl)cc1-c1ccc(OCc2ccccc2)nc1OCc1ccccc1. The van der Waals surface area contributed by atoms with Crippen molar-refractivity contribution in [3.05, 3.63) is 113 Å². The maximum Gasteiger partial charge on any atom is 0.336 e. The summed E-state index contributed by atoms with van der Waals surface area (Å²) in [6.45, 7) is 0.620. The molecular formula is C26H20ClNO4. The first-order chi connectivity index (χ1) is 15.6. The minimum absolute atomic E-state index is 0.110. The van der Waals surface area contributed by atoms with Crippen LogP contribution in [0.4, 0.5) is 0 Å². The van der Waals surface area contributed by atoms with Gasteiger partial charge < -0.3 is 14.6 Å². The van der Waals surface area contributed by atoms with Crippen LogP contribution < -0.4 is 9.47 Å². The van der Waals surface area contributed by atoms with Crippen molar-refractivity contribution in [2.24, 2.45) is 0 Å². The van der Waals surface area contributed by atoms with E-state index in [4.69, 9.17) is 21.1 Å². The third kappa shape index (κ3) is 5.25. The predicted molar refractivity (Wildman–Crippen MR) is 123 cm³/mol. The van der Waals surface area contributed by atoms with Crippen LogP contribution >= 0.6 is 11.6 Å². The topological polar surface area (TPSA) is 68.7 Å². The second-order valence-corrected chi connectivity index (χ2v) is 7.48. The van der Waals surface area contributed by atoms with E-state index in [0.29, 0.717) is 28.6 Å². The van der Waals surface area contributed by atoms with Crippen molar-refractivity contribution in [2.45, 2.75) is 13.2 Å². The van der Waals surface area contributed by atoms with Gasteiger partial charge in [0, 0.05) is 22.2 Å². The fraction of sp³-hybridized carbons (Fsp3) is 0.0769. The van der Waals surface area contributed by atoms with Crippen LogP contribution in [0.3, 0.4) is 0 Å². The molecule has 0 aliphatic carbocycles. The van der Waals surface area contributed by atoms with Crippen LogP contribution in [0.1, 0.15) is 21.5 Å². The normalized spacial score (nSPS) is 10.5. The highest BCUT2D eigenvalue weighted by molar-refractivity contribution is 6.31. The van der Waals surface area contributed by atoms with Gasteiger partial charge in [0.15, 0.2) is 0 Å². The molecule has 0 radical (unpaired) electrons. The van der Waals surface area contributed by atoms with Gasteiger partial charge in [-0.3, -0.25) is 0 Å². The lowest BCUT2D eigenvalue weighted by atomic mass is 10.0. The van der Waals surface area contributed by atoms with Gasteiger partial charge in [0.25, 0.3) is 0 Å². The van der Waals surface area contributed by atoms with Gasteiger partial charge in [-0.2, -0.15) is 4.98 Å². The Morgan fingerprint density at radius 3 is 2.03 bits per heavy atom. The molecular weight excluding hydrogens is 426 g/mol. The number of hydrogen-bond acceptors (Lipinski definition) is 4. The molecule has 0 bridgehead atoms. The van der Waals surface area contributed by atoms with Crippen molar-refractivity contribution >= 4 is 17.6 Å². The molecule has 0 atom stereocenters. The Morgan fingerprint density at radius 1 is 0.781 bits per heavy atom. The number of aromatic nitrogens is 1. The average Bonchev–Trinajstić information content (AvgIpc) is 2.82. The first-order valence-electron chi connectivity index (χ1n) is 9.98. The molecule has 0 fully saturated rings. The summed E-state index contributed by atoms with van der Waals surface area (Å²) in [7, 11) is 0. The van der Waals surface area contributed by atoms with Gasteiger partial charge >= 0.3 is 5.97 Å². The number of hydrogen-bond donors (Lipinski definition) is 1. The number of carboxylic acid groups (broad SMARTS) is 1. The van der Waals surface area contributed by atoms with Crippen molar-refractivity contribution in [3.63, 3.8) is 0 Å². The number of halogens is 1. The quantitative estimate of drug-likeness (QED) is 0.346. The van der Waals surface area contributed by atoms with Crippen LogP contribution in [-0.2, 0) is 13.2 Å². The van der Waals surface area contributed by atoms with Crippen LogP contribution in [-0.4, -0.2) is 16.1 Å². The molecule has 0 spiro atoms. The van der Waals surface area contributed by atoms with Crippen molar-refractivity contribution in [2.75, 3.05) is 0 Å². The van der Waals surface area contributed by atoms with Crippen LogP contribution in [0.5, 0.6) is 11.8 Å². The number of nitrogens with zero attached hydrogens (tertiary/aromatic N) is 1. The van der Waals surface area contributed by atoms with Crippen molar-refractivity contribution in [1.82, 2.24) is 4.98 Å². The van der Waals surface area contributed by atoms with E-state index < -0.39 is 5.97 Å². The van der Waals surface area contributed by atoms with Crippen LogP contribution in [0.25, 0.3) is 11.1 Å². The molecule has 3 aromatic carbocycles. The molecule has 6 heteroatoms. The monoisotopic (exact) mass is 445 g/mol. The Morgan fingerprint density at radius 2 is 1.41 bits per heavy atom. The lowest BCUT2D eigenvalue weighted by Gasteiger charge is -2.15. The molecule has 160 valence electrons. The van der Waals surface area contributed by atoms with Crippen molar-refractivity contribution < 1.29 is 19.4 Å². The molecule has 0 saturated carbocycles. The fourth-order valence-electron chi connectivity index (χ4n) is 3.20. The van der Waals surface area contributed by atoms with E-state index in [1.54, 1.807) is 24.3 Å².